The van der Waals surface area contributed by atoms with Crippen LogP contribution in [0.5, 0.6) is 0 Å². The molecule has 0 aromatic carbocycles. The molecular weight excluding hydrogens is 245 g/mol. The molecule has 18 heavy (non-hydrogen) atoms. The van der Waals surface area contributed by atoms with Crippen LogP contribution in [-0.4, -0.2) is 31.7 Å². The number of carbonyl (C=O) groups excluding carboxylic acids is 1. The number of amides is 1. The molecule has 0 saturated heterocycles. The van der Waals surface area contributed by atoms with E-state index in [1.165, 1.54) is 0 Å². The Kier molecular flexibility index (Phi) is 4.00. The molecule has 0 radical (unpaired) electrons. The third-order valence-electron chi connectivity index (χ3n) is 4.43. The highest BCUT2D eigenvalue weighted by molar-refractivity contribution is 5.78. The summed E-state index contributed by atoms with van der Waals surface area (Å²) in [5, 5.41) is 4.75. The summed E-state index contributed by atoms with van der Waals surface area (Å²) in [4.78, 5) is 11.3. The minimum Gasteiger partial charge on any atom is -0.355 e. The first-order chi connectivity index (χ1) is 7.98. The van der Waals surface area contributed by atoms with Gasteiger partial charge in [-0.3, -0.25) is 4.79 Å². The number of hydrogen-bond donors (Lipinski definition) is 2. The maximum Gasteiger partial charge on any atom is 0.401 e. The van der Waals surface area contributed by atoms with Crippen LogP contribution < -0.4 is 10.6 Å². The van der Waals surface area contributed by atoms with E-state index >= 15 is 0 Å². The number of alkyl halides is 3. The van der Waals surface area contributed by atoms with E-state index < -0.39 is 18.6 Å². The summed E-state index contributed by atoms with van der Waals surface area (Å²) in [6, 6.07) is 0. The Morgan fingerprint density at radius 2 is 1.67 bits per heavy atom. The first kappa shape index (κ1) is 15.3. The number of halogens is 3. The first-order valence-corrected chi connectivity index (χ1v) is 6.02. The molecule has 0 aromatic heterocycles. The van der Waals surface area contributed by atoms with Crippen LogP contribution in [0, 0.1) is 16.7 Å². The van der Waals surface area contributed by atoms with Gasteiger partial charge in [-0.05, 0) is 16.7 Å². The lowest BCUT2D eigenvalue weighted by Gasteiger charge is -2.09. The minimum absolute atomic E-state index is 0.166. The van der Waals surface area contributed by atoms with Crippen LogP contribution in [-0.2, 0) is 4.79 Å². The molecule has 0 spiro atoms. The van der Waals surface area contributed by atoms with E-state index in [1.54, 1.807) is 0 Å². The molecule has 0 bridgehead atoms. The molecule has 1 aliphatic carbocycles. The third-order valence-corrected chi connectivity index (χ3v) is 4.43. The van der Waals surface area contributed by atoms with Gasteiger partial charge in [0.15, 0.2) is 0 Å². The van der Waals surface area contributed by atoms with Gasteiger partial charge in [0.05, 0.1) is 13.1 Å². The Bertz CT molecular complexity index is 310. The van der Waals surface area contributed by atoms with Gasteiger partial charge in [-0.2, -0.15) is 13.2 Å². The zero-order valence-electron chi connectivity index (χ0n) is 11.2. The molecule has 0 heterocycles. The van der Waals surface area contributed by atoms with Crippen LogP contribution in [0.1, 0.15) is 27.7 Å². The molecule has 2 N–H and O–H groups in total. The summed E-state index contributed by atoms with van der Waals surface area (Å²) in [5.74, 6) is -0.0192. The molecule has 106 valence electrons. The van der Waals surface area contributed by atoms with Gasteiger partial charge in [-0.1, -0.05) is 27.7 Å². The van der Waals surface area contributed by atoms with Crippen LogP contribution in [0.3, 0.4) is 0 Å². The summed E-state index contributed by atoms with van der Waals surface area (Å²) in [6.45, 7) is 7.61. The molecule has 0 aliphatic heterocycles. The molecule has 1 aliphatic rings. The predicted molar refractivity (Wildman–Crippen MR) is 63.0 cm³/mol. The van der Waals surface area contributed by atoms with Gasteiger partial charge in [-0.25, -0.2) is 0 Å². The molecule has 0 aromatic rings. The molecule has 3 nitrogen and oxygen atoms in total. The van der Waals surface area contributed by atoms with Crippen molar-refractivity contribution < 1.29 is 18.0 Å². The second-order valence-corrected chi connectivity index (χ2v) is 6.02. The van der Waals surface area contributed by atoms with Crippen molar-refractivity contribution in [2.24, 2.45) is 16.7 Å². The zero-order chi connectivity index (χ0) is 14.2. The Balaban J connectivity index is 2.20. The largest absolute Gasteiger partial charge is 0.401 e. The van der Waals surface area contributed by atoms with Crippen LogP contribution in [0.15, 0.2) is 0 Å². The average molecular weight is 266 g/mol. The first-order valence-electron chi connectivity index (χ1n) is 6.02. The number of rotatable bonds is 5. The summed E-state index contributed by atoms with van der Waals surface area (Å²) in [7, 11) is 0. The minimum atomic E-state index is -4.28. The van der Waals surface area contributed by atoms with Gasteiger partial charge in [0.2, 0.25) is 5.91 Å². The van der Waals surface area contributed by atoms with Crippen molar-refractivity contribution in [3.05, 3.63) is 0 Å². The van der Waals surface area contributed by atoms with Crippen LogP contribution in [0.4, 0.5) is 13.2 Å². The Hall–Kier alpha value is -0.780. The fourth-order valence-corrected chi connectivity index (χ4v) is 2.44. The van der Waals surface area contributed by atoms with E-state index in [1.807, 2.05) is 0 Å². The zero-order valence-corrected chi connectivity index (χ0v) is 11.2. The van der Waals surface area contributed by atoms with Crippen molar-refractivity contribution in [2.75, 3.05) is 19.6 Å². The Morgan fingerprint density at radius 1 is 1.17 bits per heavy atom. The Morgan fingerprint density at radius 3 is 2.06 bits per heavy atom. The van der Waals surface area contributed by atoms with E-state index in [0.717, 1.165) is 0 Å². The lowest BCUT2D eigenvalue weighted by molar-refractivity contribution is -0.128. The predicted octanol–water partition coefficient (Wildman–Crippen LogP) is 1.94. The lowest BCUT2D eigenvalue weighted by atomic mass is 10.0. The lowest BCUT2D eigenvalue weighted by Crippen LogP contribution is -2.39. The van der Waals surface area contributed by atoms with Crippen molar-refractivity contribution in [2.45, 2.75) is 33.9 Å². The average Bonchev–Trinajstić information content (AvgIpc) is 2.52. The van der Waals surface area contributed by atoms with E-state index in [0.29, 0.717) is 12.5 Å². The summed E-state index contributed by atoms with van der Waals surface area (Å²) < 4.78 is 35.5. The van der Waals surface area contributed by atoms with Gasteiger partial charge in [0.1, 0.15) is 0 Å². The fraction of sp³-hybridized carbons (Fsp3) is 0.917. The van der Waals surface area contributed by atoms with Crippen molar-refractivity contribution in [1.82, 2.24) is 10.6 Å². The quantitative estimate of drug-likeness (QED) is 0.798. The highest BCUT2D eigenvalue weighted by Gasteiger charge is 2.64. The Labute approximate surface area is 106 Å². The van der Waals surface area contributed by atoms with Crippen molar-refractivity contribution in [3.8, 4) is 0 Å². The highest BCUT2D eigenvalue weighted by atomic mass is 19.4. The summed E-state index contributed by atoms with van der Waals surface area (Å²) >= 11 is 0. The van der Waals surface area contributed by atoms with Gasteiger partial charge in [0.25, 0.3) is 0 Å². The molecular formula is C12H21F3N2O. The van der Waals surface area contributed by atoms with Gasteiger partial charge < -0.3 is 10.6 Å². The maximum absolute atomic E-state index is 11.8. The van der Waals surface area contributed by atoms with E-state index in [-0.39, 0.29) is 17.4 Å². The van der Waals surface area contributed by atoms with Crippen molar-refractivity contribution in [3.63, 3.8) is 0 Å². The topological polar surface area (TPSA) is 41.1 Å². The fourth-order valence-electron chi connectivity index (χ4n) is 2.44. The third kappa shape index (κ3) is 3.37. The van der Waals surface area contributed by atoms with E-state index in [2.05, 4.69) is 38.3 Å². The van der Waals surface area contributed by atoms with Gasteiger partial charge in [0, 0.05) is 6.54 Å². The van der Waals surface area contributed by atoms with E-state index in [4.69, 9.17) is 0 Å². The number of nitrogens with one attached hydrogen (secondary N) is 2. The SMILES string of the molecule is CC1(C)C(CNC(=O)CNCC(F)(F)F)C1(C)C. The standard InChI is InChI=1S/C12H21F3N2O/c1-10(2)8(11(10,3)4)5-17-9(18)6-16-7-12(13,14)15/h8,16H,5-7H2,1-4H3,(H,17,18). The molecule has 1 amide bonds. The second kappa shape index (κ2) is 4.72. The second-order valence-electron chi connectivity index (χ2n) is 6.02. The molecule has 1 saturated carbocycles. The molecule has 0 atom stereocenters. The molecule has 6 heteroatoms. The smallest absolute Gasteiger partial charge is 0.355 e. The maximum atomic E-state index is 11.8. The van der Waals surface area contributed by atoms with Crippen molar-refractivity contribution in [1.29, 1.82) is 0 Å². The van der Waals surface area contributed by atoms with Crippen molar-refractivity contribution >= 4 is 5.91 Å². The highest BCUT2D eigenvalue weighted by Crippen LogP contribution is 2.67. The van der Waals surface area contributed by atoms with Crippen LogP contribution >= 0.6 is 0 Å². The summed E-state index contributed by atoms with van der Waals surface area (Å²) in [6.07, 6.45) is -4.28. The van der Waals surface area contributed by atoms with Gasteiger partial charge in [-0.15, -0.1) is 0 Å². The number of hydrogen-bond acceptors (Lipinski definition) is 2. The van der Waals surface area contributed by atoms with E-state index in [9.17, 15) is 18.0 Å². The molecule has 0 unspecified atom stereocenters. The van der Waals surface area contributed by atoms with Crippen LogP contribution in [0.2, 0.25) is 0 Å². The monoisotopic (exact) mass is 266 g/mol. The van der Waals surface area contributed by atoms with Crippen LogP contribution in [0.25, 0.3) is 0 Å². The number of carbonyl (C=O) groups is 1. The normalized spacial score (nSPS) is 21.7. The summed E-state index contributed by atoms with van der Waals surface area (Å²) in [5.41, 5.74) is 0.333. The molecule has 1 fully saturated rings. The molecule has 1 rings (SSSR count). The van der Waals surface area contributed by atoms with Gasteiger partial charge >= 0.3 is 6.18 Å².